The van der Waals surface area contributed by atoms with Crippen LogP contribution in [0.5, 0.6) is 0 Å². The van der Waals surface area contributed by atoms with Crippen molar-refractivity contribution in [3.05, 3.63) is 34.3 Å². The van der Waals surface area contributed by atoms with E-state index in [9.17, 15) is 9.90 Å². The van der Waals surface area contributed by atoms with Gasteiger partial charge in [0.15, 0.2) is 0 Å². The van der Waals surface area contributed by atoms with Gasteiger partial charge >= 0.3 is 0 Å². The molecule has 0 bridgehead atoms. The fourth-order valence-electron chi connectivity index (χ4n) is 2.09. The van der Waals surface area contributed by atoms with Crippen molar-refractivity contribution in [2.75, 3.05) is 0 Å². The second-order valence-electron chi connectivity index (χ2n) is 4.49. The van der Waals surface area contributed by atoms with Gasteiger partial charge in [0, 0.05) is 16.1 Å². The Balaban J connectivity index is 1.91. The Bertz CT molecular complexity index is 383. The molecule has 0 radical (unpaired) electrons. The third-order valence-electron chi connectivity index (χ3n) is 3.14. The van der Waals surface area contributed by atoms with E-state index < -0.39 is 0 Å². The number of hydrogen-bond donors (Lipinski definition) is 2. The van der Waals surface area contributed by atoms with Crippen molar-refractivity contribution < 1.29 is 9.90 Å². The normalized spacial score (nSPS) is 24.4. The molecule has 92 valence electrons. The van der Waals surface area contributed by atoms with E-state index in [1.54, 1.807) is 12.1 Å². The third kappa shape index (κ3) is 3.54. The van der Waals surface area contributed by atoms with Crippen molar-refractivity contribution in [3.8, 4) is 0 Å². The Hall–Kier alpha value is -0.870. The number of hydrogen-bond acceptors (Lipinski definition) is 2. The van der Waals surface area contributed by atoms with Crippen LogP contribution in [0.15, 0.2) is 28.7 Å². The number of rotatable bonds is 2. The van der Waals surface area contributed by atoms with E-state index in [1.165, 1.54) is 0 Å². The zero-order chi connectivity index (χ0) is 12.3. The highest BCUT2D eigenvalue weighted by atomic mass is 79.9. The lowest BCUT2D eigenvalue weighted by atomic mass is 9.93. The topological polar surface area (TPSA) is 49.3 Å². The average Bonchev–Trinajstić information content (AvgIpc) is 2.33. The highest BCUT2D eigenvalue weighted by molar-refractivity contribution is 9.10. The van der Waals surface area contributed by atoms with Gasteiger partial charge in [0.05, 0.1) is 6.10 Å². The molecule has 0 saturated heterocycles. The summed E-state index contributed by atoms with van der Waals surface area (Å²) in [6, 6.07) is 7.53. The lowest BCUT2D eigenvalue weighted by Crippen LogP contribution is -2.38. The Morgan fingerprint density at radius 3 is 2.35 bits per heavy atom. The molecule has 0 heterocycles. The van der Waals surface area contributed by atoms with Gasteiger partial charge in [-0.3, -0.25) is 4.79 Å². The van der Waals surface area contributed by atoms with Crippen LogP contribution in [0.1, 0.15) is 36.0 Å². The fraction of sp³-hybridized carbons (Fsp3) is 0.462. The first-order chi connectivity index (χ1) is 8.15. The summed E-state index contributed by atoms with van der Waals surface area (Å²) in [6.45, 7) is 0. The van der Waals surface area contributed by atoms with E-state index in [0.29, 0.717) is 5.56 Å². The molecule has 1 aliphatic carbocycles. The van der Waals surface area contributed by atoms with Gasteiger partial charge in [0.1, 0.15) is 0 Å². The van der Waals surface area contributed by atoms with Crippen LogP contribution in [0, 0.1) is 0 Å². The predicted molar refractivity (Wildman–Crippen MR) is 69.9 cm³/mol. The summed E-state index contributed by atoms with van der Waals surface area (Å²) in [4.78, 5) is 11.9. The average molecular weight is 298 g/mol. The molecule has 1 aromatic rings. The maximum Gasteiger partial charge on any atom is 0.251 e. The van der Waals surface area contributed by atoms with Crippen LogP contribution in [-0.4, -0.2) is 23.2 Å². The Labute approximate surface area is 109 Å². The molecule has 17 heavy (non-hydrogen) atoms. The van der Waals surface area contributed by atoms with Crippen LogP contribution in [0.4, 0.5) is 0 Å². The van der Waals surface area contributed by atoms with E-state index in [4.69, 9.17) is 0 Å². The smallest absolute Gasteiger partial charge is 0.251 e. The molecular formula is C13H16BrNO2. The minimum Gasteiger partial charge on any atom is -0.393 e. The molecule has 1 saturated carbocycles. The molecule has 0 spiro atoms. The molecule has 0 atom stereocenters. The van der Waals surface area contributed by atoms with Gasteiger partial charge in [0.2, 0.25) is 0 Å². The van der Waals surface area contributed by atoms with E-state index >= 15 is 0 Å². The summed E-state index contributed by atoms with van der Waals surface area (Å²) in [5.41, 5.74) is 0.680. The number of nitrogens with one attached hydrogen (secondary N) is 1. The first kappa shape index (κ1) is 12.6. The SMILES string of the molecule is O=C(NC1CCC(O)CC1)c1ccc(Br)cc1. The van der Waals surface area contributed by atoms with Gasteiger partial charge in [-0.25, -0.2) is 0 Å². The van der Waals surface area contributed by atoms with Gasteiger partial charge in [-0.15, -0.1) is 0 Å². The van der Waals surface area contributed by atoms with E-state index in [2.05, 4.69) is 21.2 Å². The minimum absolute atomic E-state index is 0.0288. The first-order valence-corrected chi connectivity index (χ1v) is 6.69. The number of carbonyl (C=O) groups excluding carboxylic acids is 1. The molecule has 2 N–H and O–H groups in total. The second-order valence-corrected chi connectivity index (χ2v) is 5.40. The monoisotopic (exact) mass is 297 g/mol. The Morgan fingerprint density at radius 1 is 1.18 bits per heavy atom. The first-order valence-electron chi connectivity index (χ1n) is 5.89. The van der Waals surface area contributed by atoms with Crippen molar-refractivity contribution in [2.24, 2.45) is 0 Å². The summed E-state index contributed by atoms with van der Waals surface area (Å²) in [6.07, 6.45) is 3.11. The highest BCUT2D eigenvalue weighted by Gasteiger charge is 2.21. The van der Waals surface area contributed by atoms with Crippen molar-refractivity contribution in [2.45, 2.75) is 37.8 Å². The number of halogens is 1. The largest absolute Gasteiger partial charge is 0.393 e. The third-order valence-corrected chi connectivity index (χ3v) is 3.67. The second kappa shape index (κ2) is 5.65. The van der Waals surface area contributed by atoms with Crippen molar-refractivity contribution in [1.29, 1.82) is 0 Å². The van der Waals surface area contributed by atoms with E-state index in [1.807, 2.05) is 12.1 Å². The van der Waals surface area contributed by atoms with Gasteiger partial charge in [0.25, 0.3) is 5.91 Å². The van der Waals surface area contributed by atoms with Crippen LogP contribution in [0.25, 0.3) is 0 Å². The predicted octanol–water partition coefficient (Wildman–Crippen LogP) is 2.48. The number of benzene rings is 1. The molecule has 0 unspecified atom stereocenters. The highest BCUT2D eigenvalue weighted by Crippen LogP contribution is 2.19. The molecule has 0 aromatic heterocycles. The summed E-state index contributed by atoms with van der Waals surface area (Å²) >= 11 is 3.34. The molecule has 3 nitrogen and oxygen atoms in total. The Morgan fingerprint density at radius 2 is 1.76 bits per heavy atom. The molecule has 0 aliphatic heterocycles. The van der Waals surface area contributed by atoms with Crippen molar-refractivity contribution in [1.82, 2.24) is 5.32 Å². The molecule has 1 aliphatic rings. The Kier molecular flexibility index (Phi) is 4.18. The molecule has 1 aromatic carbocycles. The summed E-state index contributed by atoms with van der Waals surface area (Å²) in [5, 5.41) is 12.4. The van der Waals surface area contributed by atoms with Gasteiger partial charge in [-0.05, 0) is 49.9 Å². The van der Waals surface area contributed by atoms with Gasteiger partial charge in [-0.1, -0.05) is 15.9 Å². The molecular weight excluding hydrogens is 282 g/mol. The number of carbonyl (C=O) groups is 1. The van der Waals surface area contributed by atoms with Crippen LogP contribution in [0.2, 0.25) is 0 Å². The van der Waals surface area contributed by atoms with Crippen LogP contribution >= 0.6 is 15.9 Å². The zero-order valence-electron chi connectivity index (χ0n) is 9.53. The van der Waals surface area contributed by atoms with Crippen LogP contribution in [-0.2, 0) is 0 Å². The molecule has 4 heteroatoms. The van der Waals surface area contributed by atoms with Gasteiger partial charge < -0.3 is 10.4 Å². The number of aliphatic hydroxyl groups is 1. The zero-order valence-corrected chi connectivity index (χ0v) is 11.1. The molecule has 2 rings (SSSR count). The lowest BCUT2D eigenvalue weighted by Gasteiger charge is -2.26. The number of amides is 1. The minimum atomic E-state index is -0.184. The van der Waals surface area contributed by atoms with E-state index in [-0.39, 0.29) is 18.1 Å². The van der Waals surface area contributed by atoms with Gasteiger partial charge in [-0.2, -0.15) is 0 Å². The van der Waals surface area contributed by atoms with E-state index in [0.717, 1.165) is 30.2 Å². The van der Waals surface area contributed by atoms with Crippen molar-refractivity contribution >= 4 is 21.8 Å². The quantitative estimate of drug-likeness (QED) is 0.881. The van der Waals surface area contributed by atoms with Crippen molar-refractivity contribution in [3.63, 3.8) is 0 Å². The molecule has 1 fully saturated rings. The number of aliphatic hydroxyl groups excluding tert-OH is 1. The summed E-state index contributed by atoms with van der Waals surface area (Å²) < 4.78 is 0.967. The maximum atomic E-state index is 11.9. The van der Waals surface area contributed by atoms with Crippen LogP contribution < -0.4 is 5.32 Å². The maximum absolute atomic E-state index is 11.9. The molecule has 1 amide bonds. The van der Waals surface area contributed by atoms with Crippen LogP contribution in [0.3, 0.4) is 0 Å². The summed E-state index contributed by atoms with van der Waals surface area (Å²) in [7, 11) is 0. The summed E-state index contributed by atoms with van der Waals surface area (Å²) in [5.74, 6) is -0.0288. The fourth-order valence-corrected chi connectivity index (χ4v) is 2.35. The lowest BCUT2D eigenvalue weighted by molar-refractivity contribution is 0.0867. The standard InChI is InChI=1S/C13H16BrNO2/c14-10-3-1-9(2-4-10)13(17)15-11-5-7-12(16)8-6-11/h1-4,11-12,16H,5-8H2,(H,15,17).